The van der Waals surface area contributed by atoms with Crippen molar-refractivity contribution in [2.45, 2.75) is 116 Å². The van der Waals surface area contributed by atoms with Gasteiger partial charge in [0.25, 0.3) is 10.1 Å². The van der Waals surface area contributed by atoms with Gasteiger partial charge in [0.1, 0.15) is 0 Å². The number of hydrogen-bond donors (Lipinski definition) is 0. The van der Waals surface area contributed by atoms with Crippen molar-refractivity contribution in [1.29, 1.82) is 0 Å². The smallest absolute Gasteiger partial charge is 0.267 e. The highest BCUT2D eigenvalue weighted by molar-refractivity contribution is 7.86. The zero-order valence-electron chi connectivity index (χ0n) is 17.2. The molecule has 0 aliphatic rings. The first-order valence-electron chi connectivity index (χ1n) is 11.1. The molecule has 3 nitrogen and oxygen atoms in total. The van der Waals surface area contributed by atoms with Gasteiger partial charge in [-0.15, -0.1) is 0 Å². The molecule has 0 aromatic heterocycles. The van der Waals surface area contributed by atoms with Crippen LogP contribution in [0, 0.1) is 0 Å². The molecule has 0 unspecified atom stereocenters. The second-order valence-electron chi connectivity index (χ2n) is 7.43. The highest BCUT2D eigenvalue weighted by atomic mass is 32.2. The van der Waals surface area contributed by atoms with Crippen LogP contribution in [0.25, 0.3) is 0 Å². The van der Waals surface area contributed by atoms with E-state index in [0.29, 0.717) is 19.4 Å². The summed E-state index contributed by atoms with van der Waals surface area (Å²) < 4.78 is 40.7. The molecule has 0 aliphatic carbocycles. The van der Waals surface area contributed by atoms with Crippen molar-refractivity contribution < 1.29 is 17.0 Å². The quantitative estimate of drug-likeness (QED) is 0.156. The zero-order valence-corrected chi connectivity index (χ0v) is 18.0. The van der Waals surface area contributed by atoms with E-state index in [4.69, 9.17) is 4.18 Å². The second-order valence-corrected chi connectivity index (χ2v) is 9.19. The summed E-state index contributed by atoms with van der Waals surface area (Å²) in [6.45, 7) is 2.36. The summed E-state index contributed by atoms with van der Waals surface area (Å²) in [6.07, 6.45) is 18.6. The van der Waals surface area contributed by atoms with Crippen LogP contribution in [-0.4, -0.2) is 27.5 Å². The number of unbranched alkanes of at least 4 members (excludes halogenated alkanes) is 15. The second kappa shape index (κ2) is 19.6. The summed E-state index contributed by atoms with van der Waals surface area (Å²) in [5.41, 5.74) is 0. The van der Waals surface area contributed by atoms with Crippen LogP contribution in [-0.2, 0) is 14.3 Å². The molecule has 0 saturated carbocycles. The van der Waals surface area contributed by atoms with Crippen LogP contribution in [0.4, 0.5) is 4.39 Å². The lowest BCUT2D eigenvalue weighted by Gasteiger charge is -2.06. The molecule has 0 amide bonds. The molecule has 5 heteroatoms. The Balaban J connectivity index is 3.34. The normalized spacial score (nSPS) is 11.9. The first-order valence-corrected chi connectivity index (χ1v) is 12.6. The van der Waals surface area contributed by atoms with Crippen LogP contribution in [0.3, 0.4) is 0 Å². The summed E-state index contributed by atoms with van der Waals surface area (Å²) in [6, 6.07) is 0. The number of halogens is 1. The van der Waals surface area contributed by atoms with Gasteiger partial charge in [0.05, 0.1) is 19.0 Å². The Bertz CT molecular complexity index is 371. The topological polar surface area (TPSA) is 43.4 Å². The monoisotopic (exact) mass is 394 g/mol. The van der Waals surface area contributed by atoms with Gasteiger partial charge in [-0.3, -0.25) is 8.57 Å². The van der Waals surface area contributed by atoms with Crippen molar-refractivity contribution in [3.05, 3.63) is 0 Å². The van der Waals surface area contributed by atoms with E-state index >= 15 is 0 Å². The Morgan fingerprint density at radius 1 is 0.615 bits per heavy atom. The molecule has 0 N–H and O–H groups in total. The molecular weight excluding hydrogens is 351 g/mol. The highest BCUT2D eigenvalue weighted by Gasteiger charge is 2.10. The van der Waals surface area contributed by atoms with Crippen molar-refractivity contribution >= 4 is 10.1 Å². The molecule has 158 valence electrons. The van der Waals surface area contributed by atoms with Crippen LogP contribution < -0.4 is 0 Å². The molecule has 0 bridgehead atoms. The Morgan fingerprint density at radius 2 is 1.04 bits per heavy atom. The fraction of sp³-hybridized carbons (Fsp3) is 1.00. The summed E-state index contributed by atoms with van der Waals surface area (Å²) in [7, 11) is -3.34. The number of hydrogen-bond acceptors (Lipinski definition) is 3. The molecule has 0 spiro atoms. The maximum atomic E-state index is 11.9. The van der Waals surface area contributed by atoms with Crippen LogP contribution in [0.5, 0.6) is 0 Å². The third-order valence-electron chi connectivity index (χ3n) is 4.79. The van der Waals surface area contributed by atoms with Gasteiger partial charge < -0.3 is 0 Å². The lowest BCUT2D eigenvalue weighted by atomic mass is 10.1. The standard InChI is InChI=1S/C21H43FO3S/c1-2-3-4-5-6-8-11-14-17-20-25-26(23,24)21-18-15-12-9-7-10-13-16-19-22/h2-21H2,1H3. The van der Waals surface area contributed by atoms with Gasteiger partial charge in [-0.05, 0) is 19.3 Å². The predicted octanol–water partition coefficient (Wildman–Crippen LogP) is 6.95. The largest absolute Gasteiger partial charge is 0.270 e. The maximum absolute atomic E-state index is 11.9. The molecule has 0 heterocycles. The van der Waals surface area contributed by atoms with E-state index in [1.54, 1.807) is 0 Å². The molecule has 0 rings (SSSR count). The van der Waals surface area contributed by atoms with E-state index in [9.17, 15) is 12.8 Å². The molecule has 0 radical (unpaired) electrons. The van der Waals surface area contributed by atoms with Crippen molar-refractivity contribution in [3.8, 4) is 0 Å². The summed E-state index contributed by atoms with van der Waals surface area (Å²) in [5, 5.41) is 0. The van der Waals surface area contributed by atoms with Crippen molar-refractivity contribution in [2.75, 3.05) is 19.0 Å². The van der Waals surface area contributed by atoms with Gasteiger partial charge in [0, 0.05) is 0 Å². The molecule has 0 atom stereocenters. The van der Waals surface area contributed by atoms with Crippen molar-refractivity contribution in [1.82, 2.24) is 0 Å². The molecule has 0 saturated heterocycles. The molecule has 26 heavy (non-hydrogen) atoms. The third-order valence-corrected chi connectivity index (χ3v) is 6.10. The van der Waals surface area contributed by atoms with Gasteiger partial charge in [0.2, 0.25) is 0 Å². The molecule has 0 aromatic rings. The van der Waals surface area contributed by atoms with Gasteiger partial charge >= 0.3 is 0 Å². The van der Waals surface area contributed by atoms with Gasteiger partial charge in [-0.1, -0.05) is 96.8 Å². The summed E-state index contributed by atoms with van der Waals surface area (Å²) >= 11 is 0. The summed E-state index contributed by atoms with van der Waals surface area (Å²) in [4.78, 5) is 0. The first-order chi connectivity index (χ1) is 12.6. The van der Waals surface area contributed by atoms with Gasteiger partial charge in [-0.2, -0.15) is 8.42 Å². The highest BCUT2D eigenvalue weighted by Crippen LogP contribution is 2.12. The van der Waals surface area contributed by atoms with Gasteiger partial charge in [-0.25, -0.2) is 0 Å². The average Bonchev–Trinajstić information content (AvgIpc) is 2.62. The third kappa shape index (κ3) is 20.2. The van der Waals surface area contributed by atoms with E-state index < -0.39 is 10.1 Å². The fourth-order valence-corrected chi connectivity index (χ4v) is 4.14. The molecular formula is C21H43FO3S. The minimum Gasteiger partial charge on any atom is -0.270 e. The summed E-state index contributed by atoms with van der Waals surface area (Å²) in [5.74, 6) is 0.145. The van der Waals surface area contributed by atoms with Gasteiger partial charge in [0.15, 0.2) is 0 Å². The van der Waals surface area contributed by atoms with E-state index in [0.717, 1.165) is 51.4 Å². The van der Waals surface area contributed by atoms with Crippen LogP contribution in [0.1, 0.15) is 116 Å². The predicted molar refractivity (Wildman–Crippen MR) is 110 cm³/mol. The Morgan fingerprint density at radius 3 is 1.54 bits per heavy atom. The molecule has 0 aliphatic heterocycles. The Hall–Kier alpha value is -0.160. The van der Waals surface area contributed by atoms with Crippen LogP contribution in [0.15, 0.2) is 0 Å². The fourth-order valence-electron chi connectivity index (χ4n) is 3.09. The van der Waals surface area contributed by atoms with E-state index in [2.05, 4.69) is 6.92 Å². The number of alkyl halides is 1. The average molecular weight is 395 g/mol. The van der Waals surface area contributed by atoms with E-state index in [1.807, 2.05) is 0 Å². The molecule has 0 fully saturated rings. The van der Waals surface area contributed by atoms with Crippen LogP contribution in [0.2, 0.25) is 0 Å². The zero-order chi connectivity index (χ0) is 19.3. The van der Waals surface area contributed by atoms with E-state index in [-0.39, 0.29) is 12.4 Å². The van der Waals surface area contributed by atoms with Crippen molar-refractivity contribution in [3.63, 3.8) is 0 Å². The van der Waals surface area contributed by atoms with E-state index in [1.165, 1.54) is 44.9 Å². The molecule has 0 aromatic carbocycles. The Labute approximate surface area is 162 Å². The Kier molecular flexibility index (Phi) is 19.5. The minimum absolute atomic E-state index is 0.145. The SMILES string of the molecule is CCCCCCCCCCCOS(=O)(=O)CCCCCCCCCCF. The van der Waals surface area contributed by atoms with Crippen LogP contribution >= 0.6 is 0 Å². The lowest BCUT2D eigenvalue weighted by Crippen LogP contribution is -2.11. The lowest BCUT2D eigenvalue weighted by molar-refractivity contribution is 0.305. The van der Waals surface area contributed by atoms with Crippen molar-refractivity contribution in [2.24, 2.45) is 0 Å². The minimum atomic E-state index is -3.34. The number of rotatable bonds is 21. The first kappa shape index (κ1) is 25.8. The maximum Gasteiger partial charge on any atom is 0.267 e.